The predicted octanol–water partition coefficient (Wildman–Crippen LogP) is 0.368. The van der Waals surface area contributed by atoms with Crippen molar-refractivity contribution in [1.29, 1.82) is 0 Å². The van der Waals surface area contributed by atoms with Crippen LogP contribution < -0.4 is 4.72 Å². The summed E-state index contributed by atoms with van der Waals surface area (Å²) in [4.78, 5) is 22.2. The minimum Gasteiger partial charge on any atom is -0.326 e. The fourth-order valence-electron chi connectivity index (χ4n) is 2.84. The number of nitrogens with one attached hydrogen (secondary N) is 1. The van der Waals surface area contributed by atoms with Gasteiger partial charge in [-0.3, -0.25) is 9.79 Å². The van der Waals surface area contributed by atoms with Gasteiger partial charge in [0.25, 0.3) is 0 Å². The normalized spacial score (nSPS) is 25.2. The minimum absolute atomic E-state index is 0.250. The number of hydrogen-bond acceptors (Lipinski definition) is 7. The lowest BCUT2D eigenvalue weighted by atomic mass is 10.0. The van der Waals surface area contributed by atoms with Crippen molar-refractivity contribution in [2.75, 3.05) is 12.8 Å². The number of aromatic nitrogens is 1. The SMILES string of the molecule is CC1N=C(c2nccs2)N2CC(NS(C)(=O)=O)CC2=C1C=O. The Morgan fingerprint density at radius 2 is 2.27 bits per heavy atom. The van der Waals surface area contributed by atoms with Gasteiger partial charge in [-0.25, -0.2) is 18.1 Å². The number of nitrogens with zero attached hydrogens (tertiary/aromatic N) is 3. The fourth-order valence-corrected chi connectivity index (χ4v) is 4.25. The summed E-state index contributed by atoms with van der Waals surface area (Å²) in [6.45, 7) is 2.31. The molecule has 3 rings (SSSR count). The molecule has 7 nitrogen and oxygen atoms in total. The Hall–Kier alpha value is -1.58. The average Bonchev–Trinajstić information content (AvgIpc) is 3.04. The van der Waals surface area contributed by atoms with Crippen LogP contribution >= 0.6 is 11.3 Å². The Balaban J connectivity index is 1.98. The molecule has 0 aromatic carbocycles. The van der Waals surface area contributed by atoms with Crippen molar-refractivity contribution in [3.8, 4) is 0 Å². The molecular formula is C13H16N4O3S2. The Labute approximate surface area is 132 Å². The van der Waals surface area contributed by atoms with E-state index in [1.165, 1.54) is 11.3 Å². The van der Waals surface area contributed by atoms with Crippen LogP contribution in [0.4, 0.5) is 0 Å². The molecule has 0 amide bonds. The number of sulfonamides is 1. The summed E-state index contributed by atoms with van der Waals surface area (Å²) in [5.41, 5.74) is 1.45. The third-order valence-corrected chi connectivity index (χ3v) is 5.19. The monoisotopic (exact) mass is 340 g/mol. The molecule has 1 fully saturated rings. The van der Waals surface area contributed by atoms with E-state index in [-0.39, 0.29) is 12.1 Å². The van der Waals surface area contributed by atoms with E-state index in [0.717, 1.165) is 23.2 Å². The number of fused-ring (bicyclic) bond motifs is 1. The molecule has 0 bridgehead atoms. The number of rotatable bonds is 4. The summed E-state index contributed by atoms with van der Waals surface area (Å²) in [7, 11) is -3.30. The number of hydrogen-bond donors (Lipinski definition) is 1. The van der Waals surface area contributed by atoms with Crippen LogP contribution in [0.15, 0.2) is 27.8 Å². The second-order valence-corrected chi connectivity index (χ2v) is 8.06. The maximum absolute atomic E-state index is 11.5. The summed E-state index contributed by atoms with van der Waals surface area (Å²) in [6.07, 6.45) is 4.14. The lowest BCUT2D eigenvalue weighted by Crippen LogP contribution is -2.39. The highest BCUT2D eigenvalue weighted by Gasteiger charge is 2.38. The summed E-state index contributed by atoms with van der Waals surface area (Å²) in [5, 5.41) is 2.64. The van der Waals surface area contributed by atoms with Crippen LogP contribution in [-0.4, -0.2) is 55.3 Å². The minimum atomic E-state index is -3.30. The van der Waals surface area contributed by atoms with E-state index < -0.39 is 10.0 Å². The van der Waals surface area contributed by atoms with Crippen molar-refractivity contribution < 1.29 is 13.2 Å². The number of amidine groups is 1. The van der Waals surface area contributed by atoms with Crippen molar-refractivity contribution in [3.63, 3.8) is 0 Å². The van der Waals surface area contributed by atoms with Crippen LogP contribution in [0.3, 0.4) is 0 Å². The molecule has 1 saturated heterocycles. The van der Waals surface area contributed by atoms with Crippen LogP contribution in [0.1, 0.15) is 18.4 Å². The molecule has 2 atom stereocenters. The Bertz CT molecular complexity index is 752. The van der Waals surface area contributed by atoms with E-state index in [4.69, 9.17) is 0 Å². The van der Waals surface area contributed by atoms with Gasteiger partial charge in [0, 0.05) is 41.9 Å². The van der Waals surface area contributed by atoms with Gasteiger partial charge in [0.2, 0.25) is 10.0 Å². The van der Waals surface area contributed by atoms with E-state index in [2.05, 4.69) is 14.7 Å². The second-order valence-electron chi connectivity index (χ2n) is 5.39. The molecule has 0 radical (unpaired) electrons. The van der Waals surface area contributed by atoms with Gasteiger partial charge >= 0.3 is 0 Å². The van der Waals surface area contributed by atoms with Gasteiger partial charge in [0.15, 0.2) is 10.8 Å². The lowest BCUT2D eigenvalue weighted by molar-refractivity contribution is -0.105. The third kappa shape index (κ3) is 2.83. The van der Waals surface area contributed by atoms with Gasteiger partial charge in [0.1, 0.15) is 6.29 Å². The summed E-state index contributed by atoms with van der Waals surface area (Å²) in [6, 6.07) is -0.518. The van der Waals surface area contributed by atoms with Crippen molar-refractivity contribution in [1.82, 2.24) is 14.6 Å². The molecule has 2 unspecified atom stereocenters. The molecule has 2 aliphatic heterocycles. The maximum Gasteiger partial charge on any atom is 0.209 e. The largest absolute Gasteiger partial charge is 0.326 e. The first-order valence-corrected chi connectivity index (χ1v) is 9.57. The van der Waals surface area contributed by atoms with Crippen molar-refractivity contribution in [2.24, 2.45) is 4.99 Å². The topological polar surface area (TPSA) is 91.7 Å². The number of carbonyl (C=O) groups is 1. The van der Waals surface area contributed by atoms with Crippen LogP contribution in [-0.2, 0) is 14.8 Å². The number of aldehydes is 1. The summed E-state index contributed by atoms with van der Waals surface area (Å²) >= 11 is 1.47. The molecule has 0 saturated carbocycles. The molecule has 0 aliphatic carbocycles. The average molecular weight is 340 g/mol. The third-order valence-electron chi connectivity index (χ3n) is 3.65. The lowest BCUT2D eigenvalue weighted by Gasteiger charge is -2.28. The number of thiazole rings is 1. The quantitative estimate of drug-likeness (QED) is 0.800. The van der Waals surface area contributed by atoms with Crippen LogP contribution in [0.2, 0.25) is 0 Å². The molecule has 1 aromatic heterocycles. The first-order chi connectivity index (χ1) is 10.4. The molecule has 1 aromatic rings. The highest BCUT2D eigenvalue weighted by atomic mass is 32.2. The predicted molar refractivity (Wildman–Crippen MR) is 84.3 cm³/mol. The smallest absolute Gasteiger partial charge is 0.209 e. The van der Waals surface area contributed by atoms with Crippen molar-refractivity contribution in [3.05, 3.63) is 27.9 Å². The van der Waals surface area contributed by atoms with Crippen molar-refractivity contribution >= 4 is 33.5 Å². The Morgan fingerprint density at radius 1 is 1.50 bits per heavy atom. The first-order valence-electron chi connectivity index (χ1n) is 6.80. The molecule has 22 heavy (non-hydrogen) atoms. The summed E-state index contributed by atoms with van der Waals surface area (Å²) in [5.74, 6) is 0.709. The zero-order valence-corrected chi connectivity index (χ0v) is 13.8. The Morgan fingerprint density at radius 3 is 2.86 bits per heavy atom. The van der Waals surface area contributed by atoms with Crippen LogP contribution in [0, 0.1) is 0 Å². The molecule has 3 heterocycles. The van der Waals surface area contributed by atoms with Gasteiger partial charge in [0.05, 0.1) is 12.3 Å². The van der Waals surface area contributed by atoms with Gasteiger partial charge in [-0.05, 0) is 6.92 Å². The maximum atomic E-state index is 11.5. The number of aliphatic imine (C=N–C) groups is 1. The first kappa shape index (κ1) is 15.3. The molecule has 2 aliphatic rings. The van der Waals surface area contributed by atoms with Gasteiger partial charge in [-0.2, -0.15) is 0 Å². The van der Waals surface area contributed by atoms with Crippen molar-refractivity contribution in [2.45, 2.75) is 25.4 Å². The highest BCUT2D eigenvalue weighted by Crippen LogP contribution is 2.33. The van der Waals surface area contributed by atoms with E-state index in [1.54, 1.807) is 6.20 Å². The zero-order chi connectivity index (χ0) is 15.9. The van der Waals surface area contributed by atoms with E-state index in [1.807, 2.05) is 17.2 Å². The van der Waals surface area contributed by atoms with Gasteiger partial charge in [-0.15, -0.1) is 11.3 Å². The second kappa shape index (κ2) is 5.56. The van der Waals surface area contributed by atoms with E-state index in [9.17, 15) is 13.2 Å². The van der Waals surface area contributed by atoms with Crippen LogP contribution in [0.25, 0.3) is 0 Å². The number of carbonyl (C=O) groups excluding carboxylic acids is 1. The zero-order valence-electron chi connectivity index (χ0n) is 12.2. The molecule has 9 heteroatoms. The summed E-state index contributed by atoms with van der Waals surface area (Å²) < 4.78 is 25.5. The molecule has 0 spiro atoms. The standard InChI is InChI=1S/C13H16N4O3S2/c1-8-10(7-18)11-5-9(16-22(2,19)20)6-17(11)12(15-8)13-14-3-4-21-13/h3-4,7-9,16H,5-6H2,1-2H3. The van der Waals surface area contributed by atoms with E-state index in [0.29, 0.717) is 24.4 Å². The highest BCUT2D eigenvalue weighted by molar-refractivity contribution is 7.88. The fraction of sp³-hybridized carbons (Fsp3) is 0.462. The van der Waals surface area contributed by atoms with Gasteiger partial charge < -0.3 is 4.90 Å². The molecular weight excluding hydrogens is 324 g/mol. The Kier molecular flexibility index (Phi) is 3.87. The van der Waals surface area contributed by atoms with Gasteiger partial charge in [-0.1, -0.05) is 0 Å². The van der Waals surface area contributed by atoms with E-state index >= 15 is 0 Å². The molecule has 1 N–H and O–H groups in total. The van der Waals surface area contributed by atoms with Crippen LogP contribution in [0.5, 0.6) is 0 Å². The molecule has 118 valence electrons.